The topological polar surface area (TPSA) is 29.5 Å². The van der Waals surface area contributed by atoms with Gasteiger partial charge in [0.15, 0.2) is 11.5 Å². The maximum absolute atomic E-state index is 13.7. The minimum atomic E-state index is -1.23. The maximum Gasteiger partial charge on any atom is 0.204 e. The van der Waals surface area contributed by atoms with Gasteiger partial charge < -0.3 is 9.84 Å². The van der Waals surface area contributed by atoms with E-state index in [9.17, 15) is 8.78 Å². The van der Waals surface area contributed by atoms with Crippen molar-refractivity contribution >= 4 is 0 Å². The molecule has 1 aromatic rings. The standard InChI is InChI=1S/C20H28F2O2/c1-13-2-6-15(7-3-13)16-8-4-14(5-9-16)12-24-18-11-10-17(23)19(21)20(18)22/h10-11,13-16,23H,2-9,12H2,1H3. The molecule has 1 aromatic carbocycles. The van der Waals surface area contributed by atoms with Crippen LogP contribution in [0.2, 0.25) is 0 Å². The smallest absolute Gasteiger partial charge is 0.204 e. The molecule has 0 heterocycles. The Morgan fingerprint density at radius 3 is 2.12 bits per heavy atom. The highest BCUT2D eigenvalue weighted by Gasteiger charge is 2.30. The molecule has 2 aliphatic carbocycles. The van der Waals surface area contributed by atoms with Crippen molar-refractivity contribution in [1.82, 2.24) is 0 Å². The Morgan fingerprint density at radius 1 is 0.917 bits per heavy atom. The zero-order valence-electron chi connectivity index (χ0n) is 14.4. The molecule has 0 aliphatic heterocycles. The predicted octanol–water partition coefficient (Wildman–Crippen LogP) is 5.68. The first-order chi connectivity index (χ1) is 11.5. The van der Waals surface area contributed by atoms with Crippen molar-refractivity contribution in [3.8, 4) is 11.5 Å². The van der Waals surface area contributed by atoms with Gasteiger partial charge in [-0.15, -0.1) is 0 Å². The van der Waals surface area contributed by atoms with Crippen LogP contribution in [0, 0.1) is 35.3 Å². The second kappa shape index (κ2) is 7.71. The zero-order chi connectivity index (χ0) is 17.1. The number of rotatable bonds is 4. The van der Waals surface area contributed by atoms with Crippen LogP contribution in [0.3, 0.4) is 0 Å². The van der Waals surface area contributed by atoms with Crippen LogP contribution in [-0.2, 0) is 0 Å². The van der Waals surface area contributed by atoms with Crippen LogP contribution in [0.1, 0.15) is 58.3 Å². The fourth-order valence-corrected chi connectivity index (χ4v) is 4.42. The third kappa shape index (κ3) is 4.01. The van der Waals surface area contributed by atoms with E-state index < -0.39 is 17.4 Å². The number of ether oxygens (including phenoxy) is 1. The molecule has 0 spiro atoms. The van der Waals surface area contributed by atoms with Crippen LogP contribution in [0.4, 0.5) is 8.78 Å². The summed E-state index contributed by atoms with van der Waals surface area (Å²) in [4.78, 5) is 0. The Bertz CT molecular complexity index is 545. The van der Waals surface area contributed by atoms with Crippen molar-refractivity contribution in [1.29, 1.82) is 0 Å². The molecule has 2 saturated carbocycles. The molecular weight excluding hydrogens is 310 g/mol. The first-order valence-electron chi connectivity index (χ1n) is 9.34. The molecular formula is C20H28F2O2. The quantitative estimate of drug-likeness (QED) is 0.765. The molecule has 0 amide bonds. The van der Waals surface area contributed by atoms with Gasteiger partial charge in [0.2, 0.25) is 11.6 Å². The molecule has 24 heavy (non-hydrogen) atoms. The SMILES string of the molecule is CC1CCC(C2CCC(COc3ccc(O)c(F)c3F)CC2)CC1. The highest BCUT2D eigenvalue weighted by atomic mass is 19.2. The molecule has 2 aliphatic rings. The molecule has 3 rings (SSSR count). The summed E-state index contributed by atoms with van der Waals surface area (Å²) in [7, 11) is 0. The zero-order valence-corrected chi connectivity index (χ0v) is 14.4. The van der Waals surface area contributed by atoms with Crippen molar-refractivity contribution in [3.63, 3.8) is 0 Å². The minimum Gasteiger partial charge on any atom is -0.505 e. The Kier molecular flexibility index (Phi) is 5.62. The van der Waals surface area contributed by atoms with Gasteiger partial charge in [-0.2, -0.15) is 8.78 Å². The highest BCUT2D eigenvalue weighted by molar-refractivity contribution is 5.33. The summed E-state index contributed by atoms with van der Waals surface area (Å²) < 4.78 is 32.5. The van der Waals surface area contributed by atoms with E-state index in [1.54, 1.807) is 0 Å². The summed E-state index contributed by atoms with van der Waals surface area (Å²) in [5.74, 6) is -0.0616. The maximum atomic E-state index is 13.7. The molecule has 0 aromatic heterocycles. The highest BCUT2D eigenvalue weighted by Crippen LogP contribution is 2.41. The average molecular weight is 338 g/mol. The molecule has 134 valence electrons. The number of hydrogen-bond acceptors (Lipinski definition) is 2. The first-order valence-corrected chi connectivity index (χ1v) is 9.34. The van der Waals surface area contributed by atoms with Gasteiger partial charge in [0.05, 0.1) is 6.61 Å². The van der Waals surface area contributed by atoms with E-state index in [4.69, 9.17) is 9.84 Å². The lowest BCUT2D eigenvalue weighted by molar-refractivity contribution is 0.124. The van der Waals surface area contributed by atoms with Crippen LogP contribution in [-0.4, -0.2) is 11.7 Å². The molecule has 2 fully saturated rings. The van der Waals surface area contributed by atoms with Crippen molar-refractivity contribution in [2.24, 2.45) is 23.7 Å². The second-order valence-electron chi connectivity index (χ2n) is 7.82. The molecule has 0 radical (unpaired) electrons. The van der Waals surface area contributed by atoms with Gasteiger partial charge in [-0.05, 0) is 74.3 Å². The van der Waals surface area contributed by atoms with E-state index in [-0.39, 0.29) is 5.75 Å². The molecule has 0 unspecified atom stereocenters. The van der Waals surface area contributed by atoms with Gasteiger partial charge >= 0.3 is 0 Å². The molecule has 1 N–H and O–H groups in total. The Balaban J connectivity index is 1.45. The monoisotopic (exact) mass is 338 g/mol. The molecule has 0 atom stereocenters. The van der Waals surface area contributed by atoms with E-state index in [2.05, 4.69) is 6.92 Å². The van der Waals surface area contributed by atoms with Crippen LogP contribution in [0.25, 0.3) is 0 Å². The molecule has 2 nitrogen and oxygen atoms in total. The number of benzene rings is 1. The fraction of sp³-hybridized carbons (Fsp3) is 0.700. The summed E-state index contributed by atoms with van der Waals surface area (Å²) in [5.41, 5.74) is 0. The van der Waals surface area contributed by atoms with Crippen molar-refractivity contribution in [3.05, 3.63) is 23.8 Å². The van der Waals surface area contributed by atoms with E-state index in [1.165, 1.54) is 44.6 Å². The van der Waals surface area contributed by atoms with Gasteiger partial charge in [-0.1, -0.05) is 19.8 Å². The second-order valence-corrected chi connectivity index (χ2v) is 7.82. The number of halogens is 2. The number of phenolic OH excluding ortho intramolecular Hbond substituents is 1. The largest absolute Gasteiger partial charge is 0.505 e. The molecule has 0 saturated heterocycles. The number of hydrogen-bond donors (Lipinski definition) is 1. The Morgan fingerprint density at radius 2 is 1.50 bits per heavy atom. The van der Waals surface area contributed by atoms with Gasteiger partial charge in [-0.25, -0.2) is 0 Å². The number of aromatic hydroxyl groups is 1. The summed E-state index contributed by atoms with van der Waals surface area (Å²) >= 11 is 0. The molecule has 0 bridgehead atoms. The summed E-state index contributed by atoms with van der Waals surface area (Å²) in [5, 5.41) is 9.14. The van der Waals surface area contributed by atoms with Crippen molar-refractivity contribution in [2.45, 2.75) is 58.3 Å². The average Bonchev–Trinajstić information content (AvgIpc) is 2.60. The van der Waals surface area contributed by atoms with Crippen LogP contribution >= 0.6 is 0 Å². The Hall–Kier alpha value is -1.32. The Labute approximate surface area is 143 Å². The normalized spacial score (nSPS) is 31.0. The fourth-order valence-electron chi connectivity index (χ4n) is 4.42. The van der Waals surface area contributed by atoms with Crippen LogP contribution in [0.5, 0.6) is 11.5 Å². The van der Waals surface area contributed by atoms with Crippen LogP contribution < -0.4 is 4.74 Å². The van der Waals surface area contributed by atoms with Crippen molar-refractivity contribution < 1.29 is 18.6 Å². The lowest BCUT2D eigenvalue weighted by Crippen LogP contribution is -2.27. The first kappa shape index (κ1) is 17.5. The summed E-state index contributed by atoms with van der Waals surface area (Å²) in [6.07, 6.45) is 10.2. The summed E-state index contributed by atoms with van der Waals surface area (Å²) in [6.45, 7) is 2.78. The number of phenols is 1. The van der Waals surface area contributed by atoms with E-state index in [0.29, 0.717) is 12.5 Å². The van der Waals surface area contributed by atoms with Gasteiger partial charge in [0, 0.05) is 0 Å². The van der Waals surface area contributed by atoms with E-state index in [1.807, 2.05) is 0 Å². The molecule has 4 heteroatoms. The van der Waals surface area contributed by atoms with Crippen molar-refractivity contribution in [2.75, 3.05) is 6.61 Å². The predicted molar refractivity (Wildman–Crippen MR) is 90.1 cm³/mol. The summed E-state index contributed by atoms with van der Waals surface area (Å²) in [6, 6.07) is 2.43. The third-order valence-corrected chi connectivity index (χ3v) is 6.12. The lowest BCUT2D eigenvalue weighted by Gasteiger charge is -2.37. The van der Waals surface area contributed by atoms with E-state index >= 15 is 0 Å². The van der Waals surface area contributed by atoms with Gasteiger partial charge in [0.25, 0.3) is 0 Å². The van der Waals surface area contributed by atoms with Gasteiger partial charge in [0.1, 0.15) is 0 Å². The van der Waals surface area contributed by atoms with E-state index in [0.717, 1.165) is 36.7 Å². The van der Waals surface area contributed by atoms with Crippen LogP contribution in [0.15, 0.2) is 12.1 Å². The minimum absolute atomic E-state index is 0.103. The van der Waals surface area contributed by atoms with Gasteiger partial charge in [-0.3, -0.25) is 0 Å². The third-order valence-electron chi connectivity index (χ3n) is 6.12. The lowest BCUT2D eigenvalue weighted by atomic mass is 9.69.